The predicted molar refractivity (Wildman–Crippen MR) is 60.5 cm³/mol. The highest BCUT2D eigenvalue weighted by atomic mass is 16.5. The maximum absolute atomic E-state index is 5.19. The van der Waals surface area contributed by atoms with Gasteiger partial charge in [-0.15, -0.1) is 0 Å². The lowest BCUT2D eigenvalue weighted by atomic mass is 10.3. The van der Waals surface area contributed by atoms with E-state index in [9.17, 15) is 0 Å². The average Bonchev–Trinajstić information content (AvgIpc) is 2.79. The van der Waals surface area contributed by atoms with Gasteiger partial charge in [-0.1, -0.05) is 0 Å². The van der Waals surface area contributed by atoms with E-state index in [1.165, 1.54) is 0 Å². The second-order valence-electron chi connectivity index (χ2n) is 3.05. The van der Waals surface area contributed by atoms with Crippen LogP contribution in [0.3, 0.4) is 0 Å². The third-order valence-electron chi connectivity index (χ3n) is 2.06. The van der Waals surface area contributed by atoms with Crippen LogP contribution in [0.15, 0.2) is 36.7 Å². The van der Waals surface area contributed by atoms with Gasteiger partial charge in [-0.2, -0.15) is 0 Å². The van der Waals surface area contributed by atoms with Crippen LogP contribution in [0.5, 0.6) is 5.75 Å². The SMILES string of the molecule is COc1cccnc1/C=C\c1ccc[nH]1. The third-order valence-corrected chi connectivity index (χ3v) is 2.06. The van der Waals surface area contributed by atoms with Crippen molar-refractivity contribution in [1.29, 1.82) is 0 Å². The summed E-state index contributed by atoms with van der Waals surface area (Å²) in [6.07, 6.45) is 7.52. The molecule has 0 atom stereocenters. The molecule has 3 nitrogen and oxygen atoms in total. The molecule has 0 aliphatic carbocycles. The summed E-state index contributed by atoms with van der Waals surface area (Å²) in [6, 6.07) is 7.69. The molecule has 3 heteroatoms. The van der Waals surface area contributed by atoms with Crippen LogP contribution in [0, 0.1) is 0 Å². The summed E-state index contributed by atoms with van der Waals surface area (Å²) < 4.78 is 5.19. The topological polar surface area (TPSA) is 37.9 Å². The quantitative estimate of drug-likeness (QED) is 0.826. The third kappa shape index (κ3) is 2.26. The molecule has 0 radical (unpaired) electrons. The zero-order valence-corrected chi connectivity index (χ0v) is 8.47. The van der Waals surface area contributed by atoms with Gasteiger partial charge in [-0.3, -0.25) is 4.98 Å². The molecule has 2 heterocycles. The number of methoxy groups -OCH3 is 1. The van der Waals surface area contributed by atoms with Gasteiger partial charge in [-0.05, 0) is 36.4 Å². The Morgan fingerprint density at radius 2 is 2.20 bits per heavy atom. The molecule has 2 aromatic rings. The van der Waals surface area contributed by atoms with Gasteiger partial charge in [0.25, 0.3) is 0 Å². The number of rotatable bonds is 3. The van der Waals surface area contributed by atoms with Crippen molar-refractivity contribution in [2.75, 3.05) is 7.11 Å². The maximum Gasteiger partial charge on any atom is 0.144 e. The predicted octanol–water partition coefficient (Wildman–Crippen LogP) is 2.59. The molecule has 0 aliphatic heterocycles. The van der Waals surface area contributed by atoms with Crippen molar-refractivity contribution in [2.24, 2.45) is 0 Å². The van der Waals surface area contributed by atoms with E-state index in [1.54, 1.807) is 13.3 Å². The van der Waals surface area contributed by atoms with Crippen LogP contribution in [-0.2, 0) is 0 Å². The van der Waals surface area contributed by atoms with Crippen LogP contribution in [0.2, 0.25) is 0 Å². The Morgan fingerprint density at radius 1 is 1.27 bits per heavy atom. The molecular formula is C12H12N2O. The van der Waals surface area contributed by atoms with Crippen molar-refractivity contribution in [2.45, 2.75) is 0 Å². The smallest absolute Gasteiger partial charge is 0.144 e. The number of nitrogens with zero attached hydrogens (tertiary/aromatic N) is 1. The van der Waals surface area contributed by atoms with E-state index in [-0.39, 0.29) is 0 Å². The van der Waals surface area contributed by atoms with Gasteiger partial charge < -0.3 is 9.72 Å². The van der Waals surface area contributed by atoms with E-state index >= 15 is 0 Å². The van der Waals surface area contributed by atoms with E-state index in [1.807, 2.05) is 42.6 Å². The molecule has 2 rings (SSSR count). The Morgan fingerprint density at radius 3 is 2.93 bits per heavy atom. The Bertz CT molecular complexity index is 446. The second kappa shape index (κ2) is 4.46. The van der Waals surface area contributed by atoms with Crippen molar-refractivity contribution in [3.63, 3.8) is 0 Å². The lowest BCUT2D eigenvalue weighted by Crippen LogP contribution is -1.88. The molecule has 1 N–H and O–H groups in total. The first-order valence-corrected chi connectivity index (χ1v) is 4.70. The van der Waals surface area contributed by atoms with Crippen LogP contribution < -0.4 is 4.74 Å². The van der Waals surface area contributed by atoms with E-state index < -0.39 is 0 Å². The number of nitrogens with one attached hydrogen (secondary N) is 1. The molecule has 0 saturated carbocycles. The Kier molecular flexibility index (Phi) is 2.83. The van der Waals surface area contributed by atoms with E-state index in [0.717, 1.165) is 17.1 Å². The van der Waals surface area contributed by atoms with Crippen LogP contribution in [-0.4, -0.2) is 17.1 Å². The molecule has 0 aromatic carbocycles. The van der Waals surface area contributed by atoms with Gasteiger partial charge in [0.05, 0.1) is 7.11 Å². The lowest BCUT2D eigenvalue weighted by molar-refractivity contribution is 0.412. The first kappa shape index (κ1) is 9.52. The van der Waals surface area contributed by atoms with Crippen LogP contribution in [0.4, 0.5) is 0 Å². The highest BCUT2D eigenvalue weighted by Gasteiger charge is 1.97. The summed E-state index contributed by atoms with van der Waals surface area (Å²) in [4.78, 5) is 7.31. The molecule has 2 aromatic heterocycles. The fourth-order valence-corrected chi connectivity index (χ4v) is 1.32. The Balaban J connectivity index is 2.24. The van der Waals surface area contributed by atoms with Crippen LogP contribution in [0.25, 0.3) is 12.2 Å². The molecule has 0 unspecified atom stereocenters. The average molecular weight is 200 g/mol. The van der Waals surface area contributed by atoms with Crippen molar-refractivity contribution < 1.29 is 4.74 Å². The maximum atomic E-state index is 5.19. The van der Waals surface area contributed by atoms with Crippen LogP contribution in [0.1, 0.15) is 11.4 Å². The first-order valence-electron chi connectivity index (χ1n) is 4.70. The van der Waals surface area contributed by atoms with Gasteiger partial charge >= 0.3 is 0 Å². The van der Waals surface area contributed by atoms with Crippen molar-refractivity contribution in [1.82, 2.24) is 9.97 Å². The highest BCUT2D eigenvalue weighted by molar-refractivity contribution is 5.69. The highest BCUT2D eigenvalue weighted by Crippen LogP contribution is 2.16. The molecule has 76 valence electrons. The number of H-pyrrole nitrogens is 1. The molecule has 15 heavy (non-hydrogen) atoms. The number of aromatic nitrogens is 2. The minimum atomic E-state index is 0.778. The summed E-state index contributed by atoms with van der Waals surface area (Å²) >= 11 is 0. The largest absolute Gasteiger partial charge is 0.494 e. The normalized spacial score (nSPS) is 10.7. The number of hydrogen-bond donors (Lipinski definition) is 1. The van der Waals surface area contributed by atoms with Crippen molar-refractivity contribution in [3.8, 4) is 5.75 Å². The summed E-state index contributed by atoms with van der Waals surface area (Å²) in [5, 5.41) is 0. The molecule has 0 bridgehead atoms. The molecule has 0 amide bonds. The lowest BCUT2D eigenvalue weighted by Gasteiger charge is -2.01. The number of hydrogen-bond acceptors (Lipinski definition) is 2. The molecule has 0 aliphatic rings. The second-order valence-corrected chi connectivity index (χ2v) is 3.05. The first-order chi connectivity index (χ1) is 7.40. The standard InChI is InChI=1S/C12H12N2O/c1-15-12-5-3-9-14-11(12)7-6-10-4-2-8-13-10/h2-9,13H,1H3/b7-6-. The summed E-state index contributed by atoms with van der Waals surface area (Å²) in [5.41, 5.74) is 1.87. The Hall–Kier alpha value is -2.03. The minimum absolute atomic E-state index is 0.778. The molecule has 0 saturated heterocycles. The van der Waals surface area contributed by atoms with E-state index in [2.05, 4.69) is 9.97 Å². The summed E-state index contributed by atoms with van der Waals surface area (Å²) in [5.74, 6) is 0.778. The Labute approximate surface area is 88.4 Å². The van der Waals surface area contributed by atoms with Gasteiger partial charge in [0.15, 0.2) is 0 Å². The fraction of sp³-hybridized carbons (Fsp3) is 0.0833. The van der Waals surface area contributed by atoms with E-state index in [4.69, 9.17) is 4.74 Å². The number of ether oxygens (including phenoxy) is 1. The molecule has 0 fully saturated rings. The van der Waals surface area contributed by atoms with Crippen molar-refractivity contribution in [3.05, 3.63) is 48.0 Å². The molecular weight excluding hydrogens is 188 g/mol. The van der Waals surface area contributed by atoms with E-state index in [0.29, 0.717) is 0 Å². The summed E-state index contributed by atoms with van der Waals surface area (Å²) in [6.45, 7) is 0. The number of aromatic amines is 1. The summed E-state index contributed by atoms with van der Waals surface area (Å²) in [7, 11) is 1.64. The van der Waals surface area contributed by atoms with Gasteiger partial charge in [0.1, 0.15) is 11.4 Å². The van der Waals surface area contributed by atoms with Gasteiger partial charge in [0.2, 0.25) is 0 Å². The number of pyridine rings is 1. The molecule has 0 spiro atoms. The zero-order chi connectivity index (χ0) is 10.5. The van der Waals surface area contributed by atoms with Gasteiger partial charge in [-0.25, -0.2) is 0 Å². The monoisotopic (exact) mass is 200 g/mol. The zero-order valence-electron chi connectivity index (χ0n) is 8.47. The van der Waals surface area contributed by atoms with Gasteiger partial charge in [0, 0.05) is 18.1 Å². The minimum Gasteiger partial charge on any atom is -0.494 e. The van der Waals surface area contributed by atoms with Crippen LogP contribution >= 0.6 is 0 Å². The van der Waals surface area contributed by atoms with Crippen molar-refractivity contribution >= 4 is 12.2 Å². The fourth-order valence-electron chi connectivity index (χ4n) is 1.32.